The summed E-state index contributed by atoms with van der Waals surface area (Å²) in [6, 6.07) is 5.27. The maximum Gasteiger partial charge on any atom is 0.323 e. The second-order valence-corrected chi connectivity index (χ2v) is 4.21. The number of amides is 1. The molecule has 5 heteroatoms. The van der Waals surface area contributed by atoms with Gasteiger partial charge in [-0.15, -0.1) is 0 Å². The first kappa shape index (κ1) is 14.9. The number of aliphatic carboxylic acids is 1. The molecule has 1 amide bonds. The molecule has 1 rings (SSSR count). The van der Waals surface area contributed by atoms with Gasteiger partial charge < -0.3 is 10.0 Å². The highest BCUT2D eigenvalue weighted by molar-refractivity contribution is 5.93. The number of aromatic nitrogens is 1. The van der Waals surface area contributed by atoms with Crippen molar-refractivity contribution in [3.63, 3.8) is 0 Å². The molecular weight excluding hydrogens is 244 g/mol. The summed E-state index contributed by atoms with van der Waals surface area (Å²) in [4.78, 5) is 28.2. The number of pyridine rings is 1. The van der Waals surface area contributed by atoms with Crippen LogP contribution < -0.4 is 0 Å². The third-order valence-electron chi connectivity index (χ3n) is 2.80. The number of rotatable bonds is 6. The van der Waals surface area contributed by atoms with Gasteiger partial charge in [-0.3, -0.25) is 14.6 Å². The molecule has 0 aliphatic rings. The largest absolute Gasteiger partial charge is 0.480 e. The van der Waals surface area contributed by atoms with Gasteiger partial charge in [0.1, 0.15) is 6.54 Å². The minimum atomic E-state index is -1.01. The van der Waals surface area contributed by atoms with Crippen molar-refractivity contribution in [2.45, 2.75) is 26.3 Å². The molecule has 0 aliphatic carbocycles. The van der Waals surface area contributed by atoms with Crippen molar-refractivity contribution in [2.24, 2.45) is 0 Å². The lowest BCUT2D eigenvalue weighted by molar-refractivity contribution is -0.144. The van der Waals surface area contributed by atoms with Crippen LogP contribution in [0.3, 0.4) is 0 Å². The van der Waals surface area contributed by atoms with E-state index >= 15 is 0 Å². The SMILES string of the molecule is CCC(C)N(CC(=O)O)C(=O)C=Cc1ccccn1. The van der Waals surface area contributed by atoms with E-state index in [4.69, 9.17) is 5.11 Å². The molecule has 0 bridgehead atoms. The minimum Gasteiger partial charge on any atom is -0.480 e. The Balaban J connectivity index is 2.77. The number of carbonyl (C=O) groups excluding carboxylic acids is 1. The van der Waals surface area contributed by atoms with E-state index < -0.39 is 5.97 Å². The van der Waals surface area contributed by atoms with E-state index in [-0.39, 0.29) is 18.5 Å². The number of hydrogen-bond donors (Lipinski definition) is 1. The second kappa shape index (κ2) is 7.31. The number of carboxylic acids is 1. The highest BCUT2D eigenvalue weighted by Gasteiger charge is 2.19. The maximum atomic E-state index is 12.0. The Bertz CT molecular complexity index is 457. The topological polar surface area (TPSA) is 70.5 Å². The van der Waals surface area contributed by atoms with Gasteiger partial charge in [0.05, 0.1) is 5.69 Å². The molecule has 0 spiro atoms. The molecule has 19 heavy (non-hydrogen) atoms. The Kier molecular flexibility index (Phi) is 5.73. The normalized spacial score (nSPS) is 12.3. The van der Waals surface area contributed by atoms with Crippen molar-refractivity contribution in [1.82, 2.24) is 9.88 Å². The summed E-state index contributed by atoms with van der Waals surface area (Å²) in [5, 5.41) is 8.83. The van der Waals surface area contributed by atoms with Crippen molar-refractivity contribution in [3.05, 3.63) is 36.2 Å². The van der Waals surface area contributed by atoms with Gasteiger partial charge in [0.15, 0.2) is 0 Å². The molecule has 0 aliphatic heterocycles. The van der Waals surface area contributed by atoms with Gasteiger partial charge >= 0.3 is 5.97 Å². The fourth-order valence-corrected chi connectivity index (χ4v) is 1.54. The van der Waals surface area contributed by atoms with Gasteiger partial charge in [0.2, 0.25) is 5.91 Å². The van der Waals surface area contributed by atoms with Crippen LogP contribution in [0.5, 0.6) is 0 Å². The first-order valence-corrected chi connectivity index (χ1v) is 6.16. The fraction of sp³-hybridized carbons (Fsp3) is 0.357. The lowest BCUT2D eigenvalue weighted by Gasteiger charge is -2.25. The molecule has 0 saturated heterocycles. The highest BCUT2D eigenvalue weighted by Crippen LogP contribution is 2.06. The van der Waals surface area contributed by atoms with E-state index in [2.05, 4.69) is 4.98 Å². The number of carboxylic acid groups (broad SMARTS) is 1. The minimum absolute atomic E-state index is 0.114. The van der Waals surface area contributed by atoms with E-state index in [1.807, 2.05) is 19.9 Å². The molecule has 1 N–H and O–H groups in total. The first-order valence-electron chi connectivity index (χ1n) is 6.16. The highest BCUT2D eigenvalue weighted by atomic mass is 16.4. The molecule has 1 aromatic heterocycles. The van der Waals surface area contributed by atoms with Crippen molar-refractivity contribution < 1.29 is 14.7 Å². The van der Waals surface area contributed by atoms with Crippen LogP contribution in [0.15, 0.2) is 30.5 Å². The second-order valence-electron chi connectivity index (χ2n) is 4.21. The fourth-order valence-electron chi connectivity index (χ4n) is 1.54. The predicted molar refractivity (Wildman–Crippen MR) is 72.4 cm³/mol. The molecule has 0 aromatic carbocycles. The number of carbonyl (C=O) groups is 2. The van der Waals surface area contributed by atoms with E-state index in [0.29, 0.717) is 12.1 Å². The van der Waals surface area contributed by atoms with Gasteiger partial charge in [-0.05, 0) is 31.6 Å². The Morgan fingerprint density at radius 3 is 2.74 bits per heavy atom. The molecule has 0 radical (unpaired) electrons. The van der Waals surface area contributed by atoms with E-state index in [1.54, 1.807) is 24.4 Å². The van der Waals surface area contributed by atoms with Crippen LogP contribution in [0.2, 0.25) is 0 Å². The average Bonchev–Trinajstić information content (AvgIpc) is 2.42. The average molecular weight is 262 g/mol. The van der Waals surface area contributed by atoms with E-state index in [9.17, 15) is 9.59 Å². The molecule has 1 aromatic rings. The molecule has 1 heterocycles. The zero-order valence-corrected chi connectivity index (χ0v) is 11.1. The van der Waals surface area contributed by atoms with Crippen LogP contribution in [0, 0.1) is 0 Å². The van der Waals surface area contributed by atoms with Crippen molar-refractivity contribution in [2.75, 3.05) is 6.54 Å². The summed E-state index contributed by atoms with van der Waals surface area (Å²) in [6.45, 7) is 3.45. The zero-order valence-electron chi connectivity index (χ0n) is 11.1. The third kappa shape index (κ3) is 4.91. The van der Waals surface area contributed by atoms with Gasteiger partial charge in [-0.1, -0.05) is 13.0 Å². The molecule has 5 nitrogen and oxygen atoms in total. The summed E-state index contributed by atoms with van der Waals surface area (Å²) >= 11 is 0. The summed E-state index contributed by atoms with van der Waals surface area (Å²) in [6.07, 6.45) is 5.28. The standard InChI is InChI=1S/C14H18N2O3/c1-3-11(2)16(10-14(18)19)13(17)8-7-12-6-4-5-9-15-12/h4-9,11H,3,10H2,1-2H3,(H,18,19). The molecule has 0 saturated carbocycles. The molecule has 102 valence electrons. The van der Waals surface area contributed by atoms with Crippen molar-refractivity contribution >= 4 is 18.0 Å². The summed E-state index contributed by atoms with van der Waals surface area (Å²) in [5.74, 6) is -1.33. The number of nitrogens with zero attached hydrogens (tertiary/aromatic N) is 2. The summed E-state index contributed by atoms with van der Waals surface area (Å²) < 4.78 is 0. The summed E-state index contributed by atoms with van der Waals surface area (Å²) in [7, 11) is 0. The Morgan fingerprint density at radius 1 is 1.47 bits per heavy atom. The van der Waals surface area contributed by atoms with Crippen LogP contribution in [-0.4, -0.2) is 39.5 Å². The van der Waals surface area contributed by atoms with Crippen molar-refractivity contribution in [1.29, 1.82) is 0 Å². The van der Waals surface area contributed by atoms with Gasteiger partial charge in [-0.25, -0.2) is 0 Å². The van der Waals surface area contributed by atoms with Crippen LogP contribution in [-0.2, 0) is 9.59 Å². The van der Waals surface area contributed by atoms with E-state index in [0.717, 1.165) is 0 Å². The first-order chi connectivity index (χ1) is 9.04. The van der Waals surface area contributed by atoms with Gasteiger partial charge in [-0.2, -0.15) is 0 Å². The Hall–Kier alpha value is -2.17. The Labute approximate surface area is 112 Å². The molecule has 1 unspecified atom stereocenters. The van der Waals surface area contributed by atoms with Crippen LogP contribution in [0.25, 0.3) is 6.08 Å². The molecule has 0 fully saturated rings. The van der Waals surface area contributed by atoms with Gasteiger partial charge in [0, 0.05) is 18.3 Å². The van der Waals surface area contributed by atoms with Gasteiger partial charge in [0.25, 0.3) is 0 Å². The summed E-state index contributed by atoms with van der Waals surface area (Å²) in [5.41, 5.74) is 0.662. The lowest BCUT2D eigenvalue weighted by Crippen LogP contribution is -2.40. The van der Waals surface area contributed by atoms with E-state index in [1.165, 1.54) is 11.0 Å². The number of hydrogen-bond acceptors (Lipinski definition) is 3. The Morgan fingerprint density at radius 2 is 2.21 bits per heavy atom. The van der Waals surface area contributed by atoms with Crippen LogP contribution in [0.4, 0.5) is 0 Å². The van der Waals surface area contributed by atoms with Crippen molar-refractivity contribution in [3.8, 4) is 0 Å². The third-order valence-corrected chi connectivity index (χ3v) is 2.80. The monoisotopic (exact) mass is 262 g/mol. The smallest absolute Gasteiger partial charge is 0.323 e. The lowest BCUT2D eigenvalue weighted by atomic mass is 10.2. The predicted octanol–water partition coefficient (Wildman–Crippen LogP) is 1.81. The van der Waals surface area contributed by atoms with Crippen LogP contribution in [0.1, 0.15) is 26.0 Å². The molecule has 1 atom stereocenters. The quantitative estimate of drug-likeness (QED) is 0.794. The molecular formula is C14H18N2O3. The van der Waals surface area contributed by atoms with Crippen LogP contribution >= 0.6 is 0 Å². The zero-order chi connectivity index (χ0) is 14.3. The maximum absolute atomic E-state index is 12.0.